The minimum Gasteiger partial charge on any atom is -0.497 e. The molecule has 1 atom stereocenters. The van der Waals surface area contributed by atoms with E-state index < -0.39 is 0 Å². The van der Waals surface area contributed by atoms with Crippen LogP contribution < -0.4 is 15.4 Å². The molecular formula is C24H24N2O3S. The van der Waals surface area contributed by atoms with Crippen molar-refractivity contribution in [1.82, 2.24) is 5.32 Å². The van der Waals surface area contributed by atoms with Crippen molar-refractivity contribution in [3.63, 3.8) is 0 Å². The van der Waals surface area contributed by atoms with Crippen LogP contribution in [0.1, 0.15) is 22.8 Å². The Morgan fingerprint density at radius 1 is 0.933 bits per heavy atom. The number of ether oxygens (including phenoxy) is 1. The molecule has 0 fully saturated rings. The number of thioether (sulfide) groups is 1. The number of carbonyl (C=O) groups is 2. The predicted octanol–water partition coefficient (Wildman–Crippen LogP) is 4.74. The zero-order valence-corrected chi connectivity index (χ0v) is 17.7. The number of amides is 2. The average molecular weight is 421 g/mol. The summed E-state index contributed by atoms with van der Waals surface area (Å²) in [5.74, 6) is 0.372. The minimum atomic E-state index is -0.334. The van der Waals surface area contributed by atoms with Crippen molar-refractivity contribution in [1.29, 1.82) is 0 Å². The largest absolute Gasteiger partial charge is 0.497 e. The second kappa shape index (κ2) is 10.5. The Hall–Kier alpha value is -3.25. The lowest BCUT2D eigenvalue weighted by Gasteiger charge is -2.15. The lowest BCUT2D eigenvalue weighted by molar-refractivity contribution is -0.115. The molecule has 0 spiro atoms. The van der Waals surface area contributed by atoms with Crippen LogP contribution in [0.3, 0.4) is 0 Å². The van der Waals surface area contributed by atoms with Crippen molar-refractivity contribution in [2.24, 2.45) is 0 Å². The number of anilines is 1. The van der Waals surface area contributed by atoms with E-state index in [0.29, 0.717) is 17.8 Å². The number of benzene rings is 3. The highest BCUT2D eigenvalue weighted by Gasteiger charge is 2.18. The van der Waals surface area contributed by atoms with Crippen LogP contribution in [-0.2, 0) is 11.3 Å². The van der Waals surface area contributed by atoms with Gasteiger partial charge in [0.05, 0.1) is 23.6 Å². The third kappa shape index (κ3) is 5.87. The fraction of sp³-hybridized carbons (Fsp3) is 0.167. The highest BCUT2D eigenvalue weighted by atomic mass is 32.2. The summed E-state index contributed by atoms with van der Waals surface area (Å²) < 4.78 is 5.16. The van der Waals surface area contributed by atoms with Crippen LogP contribution in [-0.4, -0.2) is 24.2 Å². The first kappa shape index (κ1) is 21.5. The fourth-order valence-corrected chi connectivity index (χ4v) is 3.68. The molecule has 154 valence electrons. The molecule has 0 aromatic heterocycles. The van der Waals surface area contributed by atoms with Gasteiger partial charge in [-0.2, -0.15) is 0 Å². The van der Waals surface area contributed by atoms with E-state index in [1.54, 1.807) is 31.4 Å². The van der Waals surface area contributed by atoms with Gasteiger partial charge in [0.2, 0.25) is 5.91 Å². The van der Waals surface area contributed by atoms with E-state index in [0.717, 1.165) is 16.2 Å². The molecular weight excluding hydrogens is 396 g/mol. The molecule has 2 amide bonds. The molecule has 30 heavy (non-hydrogen) atoms. The summed E-state index contributed by atoms with van der Waals surface area (Å²) in [7, 11) is 1.62. The fourth-order valence-electron chi connectivity index (χ4n) is 2.81. The van der Waals surface area contributed by atoms with Gasteiger partial charge in [-0.25, -0.2) is 0 Å². The SMILES string of the molecule is COc1ccc(S[C@H](C)C(=O)Nc2ccccc2C(=O)NCc2ccccc2)cc1. The van der Waals surface area contributed by atoms with Crippen LogP contribution in [0.4, 0.5) is 5.69 Å². The van der Waals surface area contributed by atoms with E-state index in [9.17, 15) is 9.59 Å². The molecule has 3 aromatic carbocycles. The highest BCUT2D eigenvalue weighted by molar-refractivity contribution is 8.00. The molecule has 2 N–H and O–H groups in total. The maximum atomic E-state index is 12.7. The van der Waals surface area contributed by atoms with Crippen LogP contribution in [0.15, 0.2) is 83.8 Å². The van der Waals surface area contributed by atoms with E-state index in [1.807, 2.05) is 61.5 Å². The molecule has 0 aliphatic heterocycles. The zero-order valence-electron chi connectivity index (χ0n) is 16.9. The molecule has 6 heteroatoms. The minimum absolute atomic E-state index is 0.167. The monoisotopic (exact) mass is 420 g/mol. The van der Waals surface area contributed by atoms with Crippen LogP contribution in [0.25, 0.3) is 0 Å². The first-order valence-corrected chi connectivity index (χ1v) is 10.5. The smallest absolute Gasteiger partial charge is 0.253 e. The van der Waals surface area contributed by atoms with Gasteiger partial charge in [0.1, 0.15) is 5.75 Å². The maximum Gasteiger partial charge on any atom is 0.253 e. The number of methoxy groups -OCH3 is 1. The van der Waals surface area contributed by atoms with Gasteiger partial charge >= 0.3 is 0 Å². The Balaban J connectivity index is 1.62. The second-order valence-electron chi connectivity index (χ2n) is 6.64. The lowest BCUT2D eigenvalue weighted by atomic mass is 10.1. The highest BCUT2D eigenvalue weighted by Crippen LogP contribution is 2.26. The van der Waals surface area contributed by atoms with Gasteiger partial charge in [-0.05, 0) is 48.9 Å². The predicted molar refractivity (Wildman–Crippen MR) is 121 cm³/mol. The summed E-state index contributed by atoms with van der Waals surface area (Å²) in [5.41, 5.74) is 1.94. The number of rotatable bonds is 8. The van der Waals surface area contributed by atoms with Gasteiger partial charge < -0.3 is 15.4 Å². The Bertz CT molecular complexity index is 991. The molecule has 3 aromatic rings. The topological polar surface area (TPSA) is 67.4 Å². The van der Waals surface area contributed by atoms with Crippen molar-refractivity contribution >= 4 is 29.3 Å². The summed E-state index contributed by atoms with van der Waals surface area (Å²) in [6, 6.07) is 24.3. The molecule has 0 saturated heterocycles. The Kier molecular flexibility index (Phi) is 7.51. The number of carbonyl (C=O) groups excluding carboxylic acids is 2. The number of hydrogen-bond acceptors (Lipinski definition) is 4. The van der Waals surface area contributed by atoms with E-state index in [4.69, 9.17) is 4.74 Å². The van der Waals surface area contributed by atoms with Gasteiger partial charge in [0.15, 0.2) is 0 Å². The summed E-state index contributed by atoms with van der Waals surface area (Å²) in [6.07, 6.45) is 0. The van der Waals surface area contributed by atoms with Crippen molar-refractivity contribution in [3.8, 4) is 5.75 Å². The number of hydrogen-bond donors (Lipinski definition) is 2. The van der Waals surface area contributed by atoms with E-state index >= 15 is 0 Å². The van der Waals surface area contributed by atoms with Crippen LogP contribution >= 0.6 is 11.8 Å². The number of para-hydroxylation sites is 1. The normalized spacial score (nSPS) is 11.4. The van der Waals surface area contributed by atoms with Crippen molar-refractivity contribution in [3.05, 3.63) is 90.0 Å². The van der Waals surface area contributed by atoms with Crippen LogP contribution in [0.2, 0.25) is 0 Å². The quantitative estimate of drug-likeness (QED) is 0.517. The van der Waals surface area contributed by atoms with Gasteiger partial charge in [0.25, 0.3) is 5.91 Å². The van der Waals surface area contributed by atoms with Crippen molar-refractivity contribution in [2.45, 2.75) is 23.6 Å². The summed E-state index contributed by atoms with van der Waals surface area (Å²) in [4.78, 5) is 26.3. The lowest BCUT2D eigenvalue weighted by Crippen LogP contribution is -2.27. The Morgan fingerprint density at radius 3 is 2.30 bits per heavy atom. The van der Waals surface area contributed by atoms with E-state index in [2.05, 4.69) is 10.6 Å². The average Bonchev–Trinajstić information content (AvgIpc) is 2.79. The van der Waals surface area contributed by atoms with Gasteiger partial charge in [-0.3, -0.25) is 9.59 Å². The van der Waals surface area contributed by atoms with E-state index in [1.165, 1.54) is 11.8 Å². The van der Waals surface area contributed by atoms with Gasteiger partial charge in [-0.15, -0.1) is 11.8 Å². The van der Waals surface area contributed by atoms with Crippen molar-refractivity contribution < 1.29 is 14.3 Å². The summed E-state index contributed by atoms with van der Waals surface area (Å²) in [5, 5.41) is 5.45. The van der Waals surface area contributed by atoms with Gasteiger partial charge in [0, 0.05) is 11.4 Å². The molecule has 5 nitrogen and oxygen atoms in total. The first-order valence-electron chi connectivity index (χ1n) is 9.59. The Morgan fingerprint density at radius 2 is 1.60 bits per heavy atom. The van der Waals surface area contributed by atoms with Crippen LogP contribution in [0.5, 0.6) is 5.75 Å². The summed E-state index contributed by atoms with van der Waals surface area (Å²) >= 11 is 1.44. The van der Waals surface area contributed by atoms with Crippen molar-refractivity contribution in [2.75, 3.05) is 12.4 Å². The molecule has 3 rings (SSSR count). The van der Waals surface area contributed by atoms with E-state index in [-0.39, 0.29) is 17.1 Å². The van der Waals surface area contributed by atoms with Crippen LogP contribution in [0, 0.1) is 0 Å². The molecule has 0 heterocycles. The molecule has 0 unspecified atom stereocenters. The van der Waals surface area contributed by atoms with Gasteiger partial charge in [-0.1, -0.05) is 42.5 Å². The summed E-state index contributed by atoms with van der Waals surface area (Å²) in [6.45, 7) is 2.26. The third-order valence-electron chi connectivity index (χ3n) is 4.47. The molecule has 0 bridgehead atoms. The second-order valence-corrected chi connectivity index (χ2v) is 8.05. The number of nitrogens with one attached hydrogen (secondary N) is 2. The first-order chi connectivity index (χ1) is 14.6. The standard InChI is InChI=1S/C24H24N2O3S/c1-17(30-20-14-12-19(29-2)13-15-20)23(27)26-22-11-7-6-10-21(22)24(28)25-16-18-8-4-3-5-9-18/h3-15,17H,16H2,1-2H3,(H,25,28)(H,26,27)/t17-/m1/s1. The molecule has 0 aliphatic rings. The molecule has 0 saturated carbocycles. The maximum absolute atomic E-state index is 12.7. The zero-order chi connectivity index (χ0) is 21.3. The Labute approximate surface area is 180 Å². The third-order valence-corrected chi connectivity index (χ3v) is 5.58. The molecule has 0 aliphatic carbocycles. The molecule has 0 radical (unpaired) electrons.